The summed E-state index contributed by atoms with van der Waals surface area (Å²) in [6.45, 7) is 4.98. The summed E-state index contributed by atoms with van der Waals surface area (Å²) >= 11 is 3.26. The first-order chi connectivity index (χ1) is 9.17. The molecule has 1 aromatic rings. The maximum Gasteiger partial charge on any atom is 0.170 e. The minimum atomic E-state index is -0.328. The summed E-state index contributed by atoms with van der Waals surface area (Å²) in [5, 5.41) is 13.4. The smallest absolute Gasteiger partial charge is 0.170 e. The molecule has 0 bridgehead atoms. The van der Waals surface area contributed by atoms with Crippen molar-refractivity contribution in [3.05, 3.63) is 5.82 Å². The maximum atomic E-state index is 9.51. The first-order valence-corrected chi connectivity index (χ1v) is 8.46. The fraction of sp³-hybridized carbons (Fsp3) is 0.769. The van der Waals surface area contributed by atoms with Crippen LogP contribution in [0.15, 0.2) is 4.34 Å². The van der Waals surface area contributed by atoms with Gasteiger partial charge >= 0.3 is 0 Å². The van der Waals surface area contributed by atoms with Crippen molar-refractivity contribution in [3.8, 4) is 6.07 Å². The molecule has 0 aliphatic heterocycles. The van der Waals surface area contributed by atoms with E-state index in [-0.39, 0.29) is 5.54 Å². The number of hydrogen-bond donors (Lipinski definition) is 1. The Balaban J connectivity index is 1.97. The Morgan fingerprint density at radius 3 is 3.11 bits per heavy atom. The van der Waals surface area contributed by atoms with Crippen LogP contribution >= 0.6 is 23.3 Å². The van der Waals surface area contributed by atoms with Gasteiger partial charge in [-0.3, -0.25) is 5.32 Å². The van der Waals surface area contributed by atoms with Crippen LogP contribution in [0.4, 0.5) is 0 Å². The number of thioether (sulfide) groups is 1. The Kier molecular flexibility index (Phi) is 5.20. The zero-order valence-electron chi connectivity index (χ0n) is 11.5. The minimum absolute atomic E-state index is 0.328. The van der Waals surface area contributed by atoms with E-state index in [0.717, 1.165) is 42.4 Å². The molecule has 0 spiro atoms. The molecule has 2 rings (SSSR count). The van der Waals surface area contributed by atoms with Crippen molar-refractivity contribution < 1.29 is 0 Å². The van der Waals surface area contributed by atoms with Crippen LogP contribution in [0.3, 0.4) is 0 Å². The maximum absolute atomic E-state index is 9.51. The molecule has 104 valence electrons. The lowest BCUT2D eigenvalue weighted by atomic mass is 9.82. The van der Waals surface area contributed by atoms with E-state index in [4.69, 9.17) is 0 Å². The van der Waals surface area contributed by atoms with Crippen LogP contribution in [-0.2, 0) is 0 Å². The van der Waals surface area contributed by atoms with Crippen LogP contribution in [0.25, 0.3) is 0 Å². The van der Waals surface area contributed by atoms with E-state index in [1.807, 2.05) is 6.92 Å². The van der Waals surface area contributed by atoms with Crippen molar-refractivity contribution in [3.63, 3.8) is 0 Å². The van der Waals surface area contributed by atoms with Crippen molar-refractivity contribution in [1.29, 1.82) is 5.26 Å². The van der Waals surface area contributed by atoms with Crippen LogP contribution in [0.2, 0.25) is 0 Å². The predicted octanol–water partition coefficient (Wildman–Crippen LogP) is 3.14. The number of nitrogens with zero attached hydrogens (tertiary/aromatic N) is 3. The third kappa shape index (κ3) is 3.91. The predicted molar refractivity (Wildman–Crippen MR) is 79.4 cm³/mol. The van der Waals surface area contributed by atoms with Gasteiger partial charge in [0.1, 0.15) is 11.4 Å². The van der Waals surface area contributed by atoms with Gasteiger partial charge in [0.05, 0.1) is 6.07 Å². The van der Waals surface area contributed by atoms with Crippen molar-refractivity contribution in [1.82, 2.24) is 14.7 Å². The summed E-state index contributed by atoms with van der Waals surface area (Å²) in [5.74, 6) is 0.846. The second kappa shape index (κ2) is 6.69. The number of nitriles is 1. The third-order valence-corrected chi connectivity index (χ3v) is 5.55. The highest BCUT2D eigenvalue weighted by atomic mass is 32.2. The second-order valence-corrected chi connectivity index (χ2v) is 7.36. The average molecular weight is 296 g/mol. The largest absolute Gasteiger partial charge is 0.299 e. The molecule has 1 fully saturated rings. The van der Waals surface area contributed by atoms with Gasteiger partial charge in [-0.25, -0.2) is 4.98 Å². The van der Waals surface area contributed by atoms with E-state index in [9.17, 15) is 5.26 Å². The molecule has 0 amide bonds. The molecule has 1 aliphatic rings. The molecule has 2 atom stereocenters. The Morgan fingerprint density at radius 2 is 2.47 bits per heavy atom. The van der Waals surface area contributed by atoms with Crippen LogP contribution < -0.4 is 5.32 Å². The van der Waals surface area contributed by atoms with Gasteiger partial charge in [0.2, 0.25) is 0 Å². The van der Waals surface area contributed by atoms with Gasteiger partial charge in [0.25, 0.3) is 0 Å². The van der Waals surface area contributed by atoms with E-state index in [1.54, 1.807) is 11.8 Å². The molecule has 2 unspecified atom stereocenters. The number of aryl methyl sites for hydroxylation is 1. The average Bonchev–Trinajstić information content (AvgIpc) is 2.82. The molecule has 0 aromatic carbocycles. The lowest BCUT2D eigenvalue weighted by Crippen LogP contribution is -2.48. The zero-order valence-corrected chi connectivity index (χ0v) is 13.1. The van der Waals surface area contributed by atoms with Crippen LogP contribution in [0, 0.1) is 18.3 Å². The summed E-state index contributed by atoms with van der Waals surface area (Å²) in [6, 6.07) is 2.52. The van der Waals surface area contributed by atoms with E-state index < -0.39 is 0 Å². The van der Waals surface area contributed by atoms with Gasteiger partial charge in [0, 0.05) is 5.25 Å². The van der Waals surface area contributed by atoms with Gasteiger partial charge in [-0.15, -0.1) is 0 Å². The van der Waals surface area contributed by atoms with Crippen molar-refractivity contribution >= 4 is 23.3 Å². The molecule has 1 aromatic heterocycles. The standard InChI is InChI=1S/C13H20N4S2/c1-3-7-15-13(9-14)6-4-5-11(8-13)18-12-16-10(2)17-19-12/h11,15H,3-8H2,1-2H3. The van der Waals surface area contributed by atoms with Crippen LogP contribution in [0.1, 0.15) is 44.9 Å². The number of rotatable bonds is 5. The highest BCUT2D eigenvalue weighted by Crippen LogP contribution is 2.38. The highest BCUT2D eigenvalue weighted by molar-refractivity contribution is 8.01. The van der Waals surface area contributed by atoms with Gasteiger partial charge in [-0.2, -0.15) is 9.64 Å². The monoisotopic (exact) mass is 296 g/mol. The van der Waals surface area contributed by atoms with Crippen LogP contribution in [-0.4, -0.2) is 26.7 Å². The number of aromatic nitrogens is 2. The van der Waals surface area contributed by atoms with E-state index >= 15 is 0 Å². The SMILES string of the molecule is CCCNC1(C#N)CCCC(Sc2nc(C)ns2)C1. The Labute approximate surface area is 123 Å². The van der Waals surface area contributed by atoms with Crippen molar-refractivity contribution in [2.75, 3.05) is 6.54 Å². The molecular formula is C13H20N4S2. The molecular weight excluding hydrogens is 276 g/mol. The summed E-state index contributed by atoms with van der Waals surface area (Å²) in [6.07, 6.45) is 5.22. The van der Waals surface area contributed by atoms with E-state index in [2.05, 4.69) is 27.7 Å². The number of hydrogen-bond acceptors (Lipinski definition) is 6. The Morgan fingerprint density at radius 1 is 1.63 bits per heavy atom. The zero-order chi connectivity index (χ0) is 13.7. The van der Waals surface area contributed by atoms with Gasteiger partial charge in [-0.1, -0.05) is 18.7 Å². The molecule has 1 heterocycles. The number of nitrogens with one attached hydrogen (secondary N) is 1. The highest BCUT2D eigenvalue weighted by Gasteiger charge is 2.36. The molecule has 4 nitrogen and oxygen atoms in total. The lowest BCUT2D eigenvalue weighted by Gasteiger charge is -2.35. The topological polar surface area (TPSA) is 61.6 Å². The summed E-state index contributed by atoms with van der Waals surface area (Å²) in [4.78, 5) is 4.41. The molecule has 0 radical (unpaired) electrons. The first-order valence-electron chi connectivity index (χ1n) is 6.81. The Bertz CT molecular complexity index is 454. The fourth-order valence-corrected chi connectivity index (χ4v) is 4.70. The molecule has 1 aliphatic carbocycles. The quantitative estimate of drug-likeness (QED) is 0.904. The summed E-state index contributed by atoms with van der Waals surface area (Å²) in [5.41, 5.74) is -0.328. The Hall–Kier alpha value is -0.640. The van der Waals surface area contributed by atoms with E-state index in [1.165, 1.54) is 18.0 Å². The molecule has 1 N–H and O–H groups in total. The third-order valence-electron chi connectivity index (χ3n) is 3.41. The molecule has 19 heavy (non-hydrogen) atoms. The lowest BCUT2D eigenvalue weighted by molar-refractivity contribution is 0.305. The second-order valence-electron chi connectivity index (χ2n) is 5.06. The van der Waals surface area contributed by atoms with Gasteiger partial charge in [-0.05, 0) is 57.1 Å². The summed E-state index contributed by atoms with van der Waals surface area (Å²) in [7, 11) is 0. The molecule has 1 saturated carbocycles. The molecule has 0 saturated heterocycles. The van der Waals surface area contributed by atoms with Gasteiger partial charge in [0.15, 0.2) is 4.34 Å². The normalized spacial score (nSPS) is 27.1. The molecule has 6 heteroatoms. The van der Waals surface area contributed by atoms with Crippen molar-refractivity contribution in [2.45, 2.75) is 61.1 Å². The van der Waals surface area contributed by atoms with Crippen molar-refractivity contribution in [2.24, 2.45) is 0 Å². The van der Waals surface area contributed by atoms with Crippen LogP contribution in [0.5, 0.6) is 0 Å². The summed E-state index contributed by atoms with van der Waals surface area (Å²) < 4.78 is 5.25. The van der Waals surface area contributed by atoms with Gasteiger partial charge < -0.3 is 0 Å². The minimum Gasteiger partial charge on any atom is -0.299 e. The fourth-order valence-electron chi connectivity index (χ4n) is 2.46. The van der Waals surface area contributed by atoms with E-state index in [0.29, 0.717) is 5.25 Å². The first kappa shape index (κ1) is 14.8.